The molecule has 0 saturated carbocycles. The van der Waals surface area contributed by atoms with Gasteiger partial charge in [-0.05, 0) is 30.9 Å². The van der Waals surface area contributed by atoms with Crippen LogP contribution in [0.15, 0.2) is 24.3 Å². The number of hydrogen-bond donors (Lipinski definition) is 1. The number of ether oxygens (including phenoxy) is 4. The summed E-state index contributed by atoms with van der Waals surface area (Å²) in [4.78, 5) is 14.7. The number of rotatable bonds is 18. The van der Waals surface area contributed by atoms with Crippen LogP contribution in [0.1, 0.15) is 28.8 Å². The Labute approximate surface area is 155 Å². The monoisotopic (exact) mass is 370 g/mol. The van der Waals surface area contributed by atoms with Crippen molar-refractivity contribution >= 4 is 6.29 Å². The van der Waals surface area contributed by atoms with Crippen molar-refractivity contribution in [3.05, 3.63) is 35.4 Å². The Balaban J connectivity index is 1.79. The van der Waals surface area contributed by atoms with Crippen LogP contribution in [-0.4, -0.2) is 71.0 Å². The molecule has 0 aliphatic heterocycles. The fraction of sp³-hybridized carbons (Fsp3) is 0.632. The predicted octanol–water partition coefficient (Wildman–Crippen LogP) is 2.38. The summed E-state index contributed by atoms with van der Waals surface area (Å²) in [7, 11) is 0. The minimum Gasteiger partial charge on any atom is -0.379 e. The van der Waals surface area contributed by atoms with Crippen LogP contribution in [0.25, 0.3) is 0 Å². The molecule has 0 atom stereocenters. The Morgan fingerprint density at radius 2 is 1.35 bits per heavy atom. The first-order chi connectivity index (χ1) is 12.9. The molecule has 1 rings (SSSR count). The second-order valence-electron chi connectivity index (χ2n) is 5.60. The van der Waals surface area contributed by atoms with E-state index in [1.54, 1.807) is 6.07 Å². The van der Waals surface area contributed by atoms with Crippen molar-refractivity contribution in [3.63, 3.8) is 0 Å². The van der Waals surface area contributed by atoms with E-state index in [1.807, 2.05) is 18.2 Å². The molecule has 0 heterocycles. The maximum absolute atomic E-state index is 10.7. The third-order valence-electron chi connectivity index (χ3n) is 3.48. The largest absolute Gasteiger partial charge is 0.379 e. The Morgan fingerprint density at radius 3 is 1.92 bits per heavy atom. The van der Waals surface area contributed by atoms with Crippen molar-refractivity contribution in [1.82, 2.24) is 0 Å². The molecule has 0 radical (unpaired) electrons. The molecular formula is C19H30O7. The molecule has 1 aromatic rings. The van der Waals surface area contributed by atoms with Crippen LogP contribution in [0, 0.1) is 0 Å². The third-order valence-corrected chi connectivity index (χ3v) is 3.48. The number of hydrogen-bond acceptors (Lipinski definition) is 7. The Kier molecular flexibility index (Phi) is 14.9. The second kappa shape index (κ2) is 17.1. The third kappa shape index (κ3) is 12.9. The molecule has 0 aliphatic rings. The molecule has 0 amide bonds. The fourth-order valence-electron chi connectivity index (χ4n) is 2.19. The van der Waals surface area contributed by atoms with E-state index in [4.69, 9.17) is 24.2 Å². The first-order valence-corrected chi connectivity index (χ1v) is 8.98. The Morgan fingerprint density at radius 1 is 0.769 bits per heavy atom. The zero-order valence-corrected chi connectivity index (χ0v) is 15.3. The van der Waals surface area contributed by atoms with E-state index >= 15 is 0 Å². The molecule has 0 bridgehead atoms. The van der Waals surface area contributed by atoms with Crippen LogP contribution in [0.2, 0.25) is 0 Å². The summed E-state index contributed by atoms with van der Waals surface area (Å²) in [5.41, 5.74) is 1.86. The lowest BCUT2D eigenvalue weighted by molar-refractivity contribution is -0.244. The summed E-state index contributed by atoms with van der Waals surface area (Å²) in [5.74, 6) is 0. The topological polar surface area (TPSA) is 83.5 Å². The molecule has 0 fully saturated rings. The van der Waals surface area contributed by atoms with Crippen LogP contribution in [0.5, 0.6) is 0 Å². The molecule has 148 valence electrons. The molecule has 0 spiro atoms. The summed E-state index contributed by atoms with van der Waals surface area (Å²) in [6.45, 7) is 4.69. The van der Waals surface area contributed by atoms with Crippen LogP contribution in [-0.2, 0) is 30.3 Å². The van der Waals surface area contributed by atoms with Gasteiger partial charge in [0.05, 0.1) is 46.2 Å². The van der Waals surface area contributed by atoms with Gasteiger partial charge in [0, 0.05) is 18.8 Å². The molecule has 0 saturated heterocycles. The molecule has 7 heteroatoms. The van der Waals surface area contributed by atoms with Gasteiger partial charge in [-0.1, -0.05) is 18.2 Å². The van der Waals surface area contributed by atoms with Gasteiger partial charge in [-0.2, -0.15) is 0 Å². The quantitative estimate of drug-likeness (QED) is 0.184. The zero-order chi connectivity index (χ0) is 18.7. The SMILES string of the molecule is O=Cc1cccc(CCCOCCOCCOCCOCCCOO)c1. The molecule has 7 nitrogen and oxygen atoms in total. The molecule has 1 aromatic carbocycles. The van der Waals surface area contributed by atoms with Gasteiger partial charge in [-0.25, -0.2) is 4.89 Å². The van der Waals surface area contributed by atoms with Crippen molar-refractivity contribution in [1.29, 1.82) is 0 Å². The molecule has 0 aliphatic carbocycles. The van der Waals surface area contributed by atoms with E-state index in [0.29, 0.717) is 64.8 Å². The van der Waals surface area contributed by atoms with Crippen LogP contribution < -0.4 is 0 Å². The minimum absolute atomic E-state index is 0.282. The molecule has 0 unspecified atom stereocenters. The van der Waals surface area contributed by atoms with Gasteiger partial charge >= 0.3 is 0 Å². The number of carbonyl (C=O) groups excluding carboxylic acids is 1. The van der Waals surface area contributed by atoms with Crippen molar-refractivity contribution in [2.75, 3.05) is 59.5 Å². The average Bonchev–Trinajstić information content (AvgIpc) is 2.68. The van der Waals surface area contributed by atoms with E-state index in [-0.39, 0.29) is 6.61 Å². The van der Waals surface area contributed by atoms with Crippen LogP contribution in [0.4, 0.5) is 0 Å². The molecule has 0 aromatic heterocycles. The first kappa shape index (κ1) is 22.7. The van der Waals surface area contributed by atoms with Gasteiger partial charge in [0.25, 0.3) is 0 Å². The van der Waals surface area contributed by atoms with Crippen molar-refractivity contribution < 1.29 is 33.9 Å². The van der Waals surface area contributed by atoms with Gasteiger partial charge in [0.15, 0.2) is 0 Å². The summed E-state index contributed by atoms with van der Waals surface area (Å²) < 4.78 is 21.6. The summed E-state index contributed by atoms with van der Waals surface area (Å²) in [6.07, 6.45) is 3.33. The summed E-state index contributed by atoms with van der Waals surface area (Å²) in [6, 6.07) is 7.62. The normalized spacial score (nSPS) is 11.0. The number of carbonyl (C=O) groups is 1. The van der Waals surface area contributed by atoms with Gasteiger partial charge in [-0.15, -0.1) is 0 Å². The number of aryl methyl sites for hydroxylation is 1. The molecular weight excluding hydrogens is 340 g/mol. The number of benzene rings is 1. The lowest BCUT2D eigenvalue weighted by Crippen LogP contribution is -2.12. The lowest BCUT2D eigenvalue weighted by Gasteiger charge is -2.07. The lowest BCUT2D eigenvalue weighted by atomic mass is 10.1. The van der Waals surface area contributed by atoms with Crippen LogP contribution >= 0.6 is 0 Å². The fourth-order valence-corrected chi connectivity index (χ4v) is 2.19. The van der Waals surface area contributed by atoms with Crippen molar-refractivity contribution in [2.45, 2.75) is 19.3 Å². The number of aldehydes is 1. The van der Waals surface area contributed by atoms with Crippen LogP contribution in [0.3, 0.4) is 0 Å². The van der Waals surface area contributed by atoms with Gasteiger partial charge in [0.2, 0.25) is 0 Å². The van der Waals surface area contributed by atoms with E-state index in [1.165, 1.54) is 0 Å². The second-order valence-corrected chi connectivity index (χ2v) is 5.60. The smallest absolute Gasteiger partial charge is 0.150 e. The zero-order valence-electron chi connectivity index (χ0n) is 15.3. The van der Waals surface area contributed by atoms with Gasteiger partial charge in [-0.3, -0.25) is 10.1 Å². The predicted molar refractivity (Wildman–Crippen MR) is 96.6 cm³/mol. The first-order valence-electron chi connectivity index (χ1n) is 8.98. The standard InChI is InChI=1S/C19H30O7/c20-17-19-5-1-4-18(16-19)6-2-7-22-10-12-24-14-15-25-13-11-23-8-3-9-26-21/h1,4-5,16-17,21H,2-3,6-15H2. The van der Waals surface area contributed by atoms with E-state index in [2.05, 4.69) is 4.89 Å². The van der Waals surface area contributed by atoms with E-state index < -0.39 is 0 Å². The summed E-state index contributed by atoms with van der Waals surface area (Å²) >= 11 is 0. The highest BCUT2D eigenvalue weighted by Gasteiger charge is 1.97. The van der Waals surface area contributed by atoms with E-state index in [0.717, 1.165) is 24.7 Å². The highest BCUT2D eigenvalue weighted by atomic mass is 17.1. The highest BCUT2D eigenvalue weighted by molar-refractivity contribution is 5.74. The Hall–Kier alpha value is -1.35. The Bertz CT molecular complexity index is 453. The average molecular weight is 370 g/mol. The van der Waals surface area contributed by atoms with Crippen molar-refractivity contribution in [2.24, 2.45) is 0 Å². The molecule has 1 N–H and O–H groups in total. The summed E-state index contributed by atoms with van der Waals surface area (Å²) in [5, 5.41) is 8.12. The minimum atomic E-state index is 0.282. The molecule has 26 heavy (non-hydrogen) atoms. The maximum Gasteiger partial charge on any atom is 0.150 e. The van der Waals surface area contributed by atoms with Crippen molar-refractivity contribution in [3.8, 4) is 0 Å². The maximum atomic E-state index is 10.7. The van der Waals surface area contributed by atoms with E-state index in [9.17, 15) is 4.79 Å². The highest BCUT2D eigenvalue weighted by Crippen LogP contribution is 2.06. The van der Waals surface area contributed by atoms with Gasteiger partial charge < -0.3 is 18.9 Å². The van der Waals surface area contributed by atoms with Gasteiger partial charge in [0.1, 0.15) is 6.29 Å².